The van der Waals surface area contributed by atoms with Crippen LogP contribution in [0.5, 0.6) is 0 Å². The maximum absolute atomic E-state index is 10.00. The van der Waals surface area contributed by atoms with Crippen LogP contribution in [0.2, 0.25) is 0 Å². The maximum Gasteiger partial charge on any atom is 0.304 e. The minimum Gasteiger partial charge on any atom is -0.440 e. The van der Waals surface area contributed by atoms with Crippen molar-refractivity contribution >= 4 is 5.69 Å². The molecule has 0 spiro atoms. The lowest BCUT2D eigenvalue weighted by molar-refractivity contribution is -0.386. The first-order chi connectivity index (χ1) is 4.70. The molecule has 0 aromatic carbocycles. The van der Waals surface area contributed by atoms with Gasteiger partial charge >= 0.3 is 5.69 Å². The highest BCUT2D eigenvalue weighted by molar-refractivity contribution is 5.21. The Morgan fingerprint density at radius 3 is 2.70 bits per heavy atom. The summed E-state index contributed by atoms with van der Waals surface area (Å²) in [6.07, 6.45) is 0.933. The summed E-state index contributed by atoms with van der Waals surface area (Å²) in [6, 6.07) is 2.43. The first-order valence-electron chi connectivity index (χ1n) is 2.48. The second-order valence-electron chi connectivity index (χ2n) is 1.62. The number of hydrogen-bond acceptors (Lipinski definition) is 4. The Morgan fingerprint density at radius 1 is 1.60 bits per heavy atom. The zero-order valence-corrected chi connectivity index (χ0v) is 4.90. The molecule has 1 N–H and O–H groups in total. The van der Waals surface area contributed by atoms with Gasteiger partial charge in [0.15, 0.2) is 6.26 Å². The number of rotatable bonds is 1. The lowest BCUT2D eigenvalue weighted by Crippen LogP contribution is -1.96. The van der Waals surface area contributed by atoms with Crippen LogP contribution < -0.4 is 5.55 Å². The van der Waals surface area contributed by atoms with Crippen molar-refractivity contribution < 1.29 is 9.34 Å². The average molecular weight is 140 g/mol. The molecule has 52 valence electrons. The van der Waals surface area contributed by atoms with E-state index in [4.69, 9.17) is 5.41 Å². The summed E-state index contributed by atoms with van der Waals surface area (Å²) in [5.74, 6) is 0. The van der Waals surface area contributed by atoms with E-state index in [0.717, 1.165) is 6.26 Å². The van der Waals surface area contributed by atoms with Gasteiger partial charge in [-0.1, -0.05) is 0 Å². The molecule has 0 aliphatic rings. The summed E-state index contributed by atoms with van der Waals surface area (Å²) in [5.41, 5.74) is -0.235. The van der Waals surface area contributed by atoms with E-state index in [1.807, 2.05) is 0 Å². The zero-order valence-electron chi connectivity index (χ0n) is 4.90. The molecule has 1 heterocycles. The molecule has 0 amide bonds. The Kier molecular flexibility index (Phi) is 1.49. The molecule has 0 saturated heterocycles. The molecule has 10 heavy (non-hydrogen) atoms. The van der Waals surface area contributed by atoms with E-state index < -0.39 is 4.92 Å². The van der Waals surface area contributed by atoms with E-state index in [-0.39, 0.29) is 11.2 Å². The van der Waals surface area contributed by atoms with E-state index in [1.165, 1.54) is 12.1 Å². The summed E-state index contributed by atoms with van der Waals surface area (Å²) in [6.45, 7) is 0. The molecule has 0 radical (unpaired) electrons. The maximum atomic E-state index is 10.00. The van der Waals surface area contributed by atoms with Crippen LogP contribution in [0.15, 0.2) is 22.8 Å². The molecule has 0 unspecified atom stereocenters. The fourth-order valence-electron chi connectivity index (χ4n) is 0.467. The molecule has 1 aromatic rings. The number of nitrogens with one attached hydrogen (secondary N) is 1. The molecule has 5 heteroatoms. The number of nitro groups is 1. The van der Waals surface area contributed by atoms with Crippen molar-refractivity contribution in [1.29, 1.82) is 5.41 Å². The second-order valence-corrected chi connectivity index (χ2v) is 1.62. The van der Waals surface area contributed by atoms with Crippen LogP contribution in [0.4, 0.5) is 5.69 Å². The lowest BCUT2D eigenvalue weighted by Gasteiger charge is -1.85. The van der Waals surface area contributed by atoms with Gasteiger partial charge in [-0.05, 0) is 0 Å². The summed E-state index contributed by atoms with van der Waals surface area (Å²) < 4.78 is 4.44. The van der Waals surface area contributed by atoms with Gasteiger partial charge in [0.2, 0.25) is 5.55 Å². The highest BCUT2D eigenvalue weighted by atomic mass is 16.6. The Bertz CT molecular complexity index is 284. The van der Waals surface area contributed by atoms with Gasteiger partial charge in [0, 0.05) is 12.1 Å². The van der Waals surface area contributed by atoms with Crippen LogP contribution in [0.1, 0.15) is 0 Å². The van der Waals surface area contributed by atoms with Gasteiger partial charge in [-0.3, -0.25) is 15.5 Å². The van der Waals surface area contributed by atoms with Gasteiger partial charge in [0.25, 0.3) is 0 Å². The van der Waals surface area contributed by atoms with Crippen LogP contribution in [-0.2, 0) is 0 Å². The van der Waals surface area contributed by atoms with Crippen molar-refractivity contribution in [2.24, 2.45) is 0 Å². The summed E-state index contributed by atoms with van der Waals surface area (Å²) in [5, 5.41) is 16.8. The summed E-state index contributed by atoms with van der Waals surface area (Å²) in [4.78, 5) is 9.42. The van der Waals surface area contributed by atoms with Gasteiger partial charge in [-0.2, -0.15) is 0 Å². The van der Waals surface area contributed by atoms with Crippen LogP contribution in [0.3, 0.4) is 0 Å². The Labute approximate surface area is 55.6 Å². The summed E-state index contributed by atoms with van der Waals surface area (Å²) >= 11 is 0. The van der Waals surface area contributed by atoms with Crippen molar-refractivity contribution in [2.45, 2.75) is 0 Å². The highest BCUT2D eigenvalue weighted by Gasteiger charge is 2.02. The smallest absolute Gasteiger partial charge is 0.304 e. The molecule has 1 rings (SSSR count). The lowest BCUT2D eigenvalue weighted by atomic mass is 10.5. The SMILES string of the molecule is N=c1ccc([N+](=O)[O-])co1. The van der Waals surface area contributed by atoms with E-state index in [0.29, 0.717) is 0 Å². The molecule has 0 atom stereocenters. The Hall–Kier alpha value is -1.65. The van der Waals surface area contributed by atoms with E-state index in [2.05, 4.69) is 4.42 Å². The van der Waals surface area contributed by atoms with Crippen molar-refractivity contribution in [1.82, 2.24) is 0 Å². The quantitative estimate of drug-likeness (QED) is 0.459. The molecular weight excluding hydrogens is 136 g/mol. The largest absolute Gasteiger partial charge is 0.440 e. The third-order valence-electron chi connectivity index (χ3n) is 0.923. The number of hydrogen-bond donors (Lipinski definition) is 1. The van der Waals surface area contributed by atoms with Crippen LogP contribution in [0.25, 0.3) is 0 Å². The van der Waals surface area contributed by atoms with Crippen LogP contribution in [-0.4, -0.2) is 4.92 Å². The molecule has 0 aliphatic heterocycles. The fraction of sp³-hybridized carbons (Fsp3) is 0. The zero-order chi connectivity index (χ0) is 7.56. The molecule has 0 bridgehead atoms. The first kappa shape index (κ1) is 6.47. The van der Waals surface area contributed by atoms with Gasteiger partial charge in [0.1, 0.15) is 0 Å². The van der Waals surface area contributed by atoms with E-state index in [9.17, 15) is 10.1 Å². The van der Waals surface area contributed by atoms with Gasteiger partial charge < -0.3 is 4.42 Å². The minimum atomic E-state index is -0.580. The number of nitrogens with zero attached hydrogens (tertiary/aromatic N) is 1. The predicted octanol–water partition coefficient (Wildman–Crippen LogP) is 0.667. The molecule has 0 fully saturated rings. The third kappa shape index (κ3) is 1.19. The molecular formula is C5H4N2O3. The normalized spacial score (nSPS) is 9.20. The average Bonchev–Trinajstić information content (AvgIpc) is 1.88. The van der Waals surface area contributed by atoms with Crippen LogP contribution >= 0.6 is 0 Å². The van der Waals surface area contributed by atoms with Gasteiger partial charge in [-0.25, -0.2) is 0 Å². The van der Waals surface area contributed by atoms with Gasteiger partial charge in [0.05, 0.1) is 4.92 Å². The Morgan fingerprint density at radius 2 is 2.30 bits per heavy atom. The van der Waals surface area contributed by atoms with E-state index >= 15 is 0 Å². The molecule has 0 saturated carbocycles. The highest BCUT2D eigenvalue weighted by Crippen LogP contribution is 2.04. The standard InChI is InChI=1S/C5H4N2O3/c6-5-2-1-4(3-10-5)7(8)9/h1-3,6H. The first-order valence-corrected chi connectivity index (χ1v) is 2.48. The minimum absolute atomic E-state index is 0.0920. The second kappa shape index (κ2) is 2.30. The Balaban J connectivity index is 3.12. The molecule has 0 aliphatic carbocycles. The van der Waals surface area contributed by atoms with Crippen molar-refractivity contribution in [3.05, 3.63) is 34.1 Å². The van der Waals surface area contributed by atoms with E-state index in [1.54, 1.807) is 0 Å². The van der Waals surface area contributed by atoms with Gasteiger partial charge in [-0.15, -0.1) is 0 Å². The topological polar surface area (TPSA) is 80.1 Å². The molecule has 1 aromatic heterocycles. The van der Waals surface area contributed by atoms with Crippen molar-refractivity contribution in [3.8, 4) is 0 Å². The predicted molar refractivity (Wildman–Crippen MR) is 31.2 cm³/mol. The van der Waals surface area contributed by atoms with Crippen molar-refractivity contribution in [2.75, 3.05) is 0 Å². The molecule has 5 nitrogen and oxygen atoms in total. The summed E-state index contributed by atoms with van der Waals surface area (Å²) in [7, 11) is 0. The van der Waals surface area contributed by atoms with Crippen molar-refractivity contribution in [3.63, 3.8) is 0 Å². The third-order valence-corrected chi connectivity index (χ3v) is 0.923. The fourth-order valence-corrected chi connectivity index (χ4v) is 0.467. The van der Waals surface area contributed by atoms with Crippen LogP contribution in [0, 0.1) is 15.5 Å². The monoisotopic (exact) mass is 140 g/mol.